The van der Waals surface area contributed by atoms with Gasteiger partial charge in [-0.1, -0.05) is 48.2 Å². The third-order valence-electron chi connectivity index (χ3n) is 4.84. The van der Waals surface area contributed by atoms with Crippen molar-refractivity contribution < 1.29 is 4.79 Å². The molecule has 1 aromatic carbocycles. The fraction of sp³-hybridized carbons (Fsp3) is 0.227. The molecule has 154 valence electrons. The third kappa shape index (κ3) is 4.21. The molecule has 3 heterocycles. The van der Waals surface area contributed by atoms with Crippen LogP contribution in [0.4, 0.5) is 0 Å². The maximum atomic E-state index is 13.0. The van der Waals surface area contributed by atoms with Crippen LogP contribution in [0.15, 0.2) is 63.2 Å². The summed E-state index contributed by atoms with van der Waals surface area (Å²) in [7, 11) is 1.72. The van der Waals surface area contributed by atoms with Crippen molar-refractivity contribution in [3.8, 4) is 10.4 Å². The first kappa shape index (κ1) is 20.8. The quantitative estimate of drug-likeness (QED) is 0.295. The lowest BCUT2D eigenvalue weighted by molar-refractivity contribution is -0.128. The first-order valence-corrected chi connectivity index (χ1v) is 12.3. The summed E-state index contributed by atoms with van der Waals surface area (Å²) in [5.74, 6) is 0.279. The summed E-state index contributed by atoms with van der Waals surface area (Å²) < 4.78 is 1.55. The van der Waals surface area contributed by atoms with E-state index in [1.807, 2.05) is 65.0 Å². The second-order valence-electron chi connectivity index (χ2n) is 6.75. The van der Waals surface area contributed by atoms with Crippen LogP contribution < -0.4 is 5.56 Å². The van der Waals surface area contributed by atoms with Crippen LogP contribution >= 0.6 is 34.4 Å². The highest BCUT2D eigenvalue weighted by Crippen LogP contribution is 2.34. The molecule has 3 aromatic heterocycles. The van der Waals surface area contributed by atoms with E-state index < -0.39 is 0 Å². The van der Waals surface area contributed by atoms with Gasteiger partial charge >= 0.3 is 0 Å². The largest absolute Gasteiger partial charge is 0.338 e. The van der Waals surface area contributed by atoms with Crippen molar-refractivity contribution in [3.05, 3.63) is 69.1 Å². The molecule has 0 saturated heterocycles. The number of rotatable bonds is 7. The van der Waals surface area contributed by atoms with Gasteiger partial charge in [0.05, 0.1) is 11.1 Å². The highest BCUT2D eigenvalue weighted by atomic mass is 32.2. The molecule has 0 N–H and O–H groups in total. The van der Waals surface area contributed by atoms with E-state index in [4.69, 9.17) is 0 Å². The Balaban J connectivity index is 1.53. The number of benzene rings is 1. The standard InChI is InChI=1S/C22H21N3O2S3/c1-3-25(12-15-8-5-4-6-9-15)18(26)14-30-22-23-20-19(21(27)24(22)2)16(13-29-20)17-10-7-11-28-17/h4-11,13H,3,12,14H2,1-2H3. The highest BCUT2D eigenvalue weighted by Gasteiger charge is 2.18. The summed E-state index contributed by atoms with van der Waals surface area (Å²) in [4.78, 5) is 34.1. The number of hydrogen-bond acceptors (Lipinski definition) is 6. The van der Waals surface area contributed by atoms with Gasteiger partial charge in [-0.15, -0.1) is 22.7 Å². The summed E-state index contributed by atoms with van der Waals surface area (Å²) in [6.07, 6.45) is 0. The molecule has 4 aromatic rings. The minimum absolute atomic E-state index is 0.0335. The number of carbonyl (C=O) groups is 1. The van der Waals surface area contributed by atoms with Gasteiger partial charge in [0, 0.05) is 36.0 Å². The Morgan fingerprint density at radius 1 is 1.17 bits per heavy atom. The summed E-state index contributed by atoms with van der Waals surface area (Å²) in [6.45, 7) is 3.19. The van der Waals surface area contributed by atoms with Gasteiger partial charge in [0.1, 0.15) is 4.83 Å². The van der Waals surface area contributed by atoms with Crippen LogP contribution in [-0.4, -0.2) is 32.7 Å². The van der Waals surface area contributed by atoms with Gasteiger partial charge in [-0.3, -0.25) is 14.2 Å². The minimum atomic E-state index is -0.0729. The highest BCUT2D eigenvalue weighted by molar-refractivity contribution is 7.99. The second kappa shape index (κ2) is 9.16. The van der Waals surface area contributed by atoms with E-state index in [2.05, 4.69) is 4.98 Å². The van der Waals surface area contributed by atoms with Crippen LogP contribution in [0.2, 0.25) is 0 Å². The molecule has 0 bridgehead atoms. The molecular formula is C22H21N3O2S3. The molecule has 0 aliphatic heterocycles. The molecule has 0 fully saturated rings. The number of nitrogens with zero attached hydrogens (tertiary/aromatic N) is 3. The van der Waals surface area contributed by atoms with Crippen molar-refractivity contribution in [1.29, 1.82) is 0 Å². The lowest BCUT2D eigenvalue weighted by Crippen LogP contribution is -2.32. The monoisotopic (exact) mass is 455 g/mol. The van der Waals surface area contributed by atoms with Crippen molar-refractivity contribution >= 4 is 50.6 Å². The van der Waals surface area contributed by atoms with Gasteiger partial charge in [0.15, 0.2) is 5.16 Å². The maximum Gasteiger partial charge on any atom is 0.263 e. The SMILES string of the molecule is CCN(Cc1ccccc1)C(=O)CSc1nc2scc(-c3cccs3)c2c(=O)n1C. The topological polar surface area (TPSA) is 55.2 Å². The number of amides is 1. The molecule has 0 saturated carbocycles. The molecule has 4 rings (SSSR count). The van der Waals surface area contributed by atoms with Gasteiger partial charge in [0.2, 0.25) is 5.91 Å². The van der Waals surface area contributed by atoms with E-state index in [1.165, 1.54) is 23.1 Å². The number of carbonyl (C=O) groups excluding carboxylic acids is 1. The van der Waals surface area contributed by atoms with Gasteiger partial charge in [-0.05, 0) is 23.9 Å². The molecule has 0 spiro atoms. The Hall–Kier alpha value is -2.42. The number of thioether (sulfide) groups is 1. The summed E-state index contributed by atoms with van der Waals surface area (Å²) in [5.41, 5.74) is 1.96. The summed E-state index contributed by atoms with van der Waals surface area (Å²) in [5, 5.41) is 5.21. The van der Waals surface area contributed by atoms with Crippen molar-refractivity contribution in [2.24, 2.45) is 7.05 Å². The zero-order chi connectivity index (χ0) is 21.1. The molecule has 0 radical (unpaired) electrons. The van der Waals surface area contributed by atoms with E-state index in [9.17, 15) is 9.59 Å². The summed E-state index contributed by atoms with van der Waals surface area (Å²) >= 11 is 4.39. The average Bonchev–Trinajstić information content (AvgIpc) is 3.43. The van der Waals surface area contributed by atoms with Gasteiger partial charge < -0.3 is 4.90 Å². The number of fused-ring (bicyclic) bond motifs is 1. The van der Waals surface area contributed by atoms with Crippen LogP contribution in [0.25, 0.3) is 20.7 Å². The molecule has 8 heteroatoms. The smallest absolute Gasteiger partial charge is 0.263 e. The van der Waals surface area contributed by atoms with Crippen molar-refractivity contribution in [2.75, 3.05) is 12.3 Å². The molecule has 30 heavy (non-hydrogen) atoms. The Morgan fingerprint density at radius 2 is 1.97 bits per heavy atom. The Labute approximate surface area is 187 Å². The van der Waals surface area contributed by atoms with E-state index in [1.54, 1.807) is 23.0 Å². The van der Waals surface area contributed by atoms with Gasteiger partial charge in [-0.25, -0.2) is 4.98 Å². The van der Waals surface area contributed by atoms with E-state index >= 15 is 0 Å². The van der Waals surface area contributed by atoms with Crippen LogP contribution in [0.3, 0.4) is 0 Å². The zero-order valence-corrected chi connectivity index (χ0v) is 19.1. The van der Waals surface area contributed by atoms with E-state index in [0.29, 0.717) is 28.5 Å². The van der Waals surface area contributed by atoms with Crippen LogP contribution in [0.1, 0.15) is 12.5 Å². The molecule has 0 unspecified atom stereocenters. The maximum absolute atomic E-state index is 13.0. The number of hydrogen-bond donors (Lipinski definition) is 0. The first-order chi connectivity index (χ1) is 14.6. The normalized spacial score (nSPS) is 11.1. The molecule has 0 aliphatic rings. The van der Waals surface area contributed by atoms with Gasteiger partial charge in [-0.2, -0.15) is 0 Å². The number of thiophene rings is 2. The lowest BCUT2D eigenvalue weighted by Gasteiger charge is -2.21. The fourth-order valence-electron chi connectivity index (χ4n) is 3.19. The van der Waals surface area contributed by atoms with Crippen LogP contribution in [0.5, 0.6) is 0 Å². The summed E-state index contributed by atoms with van der Waals surface area (Å²) in [6, 6.07) is 13.9. The fourth-order valence-corrected chi connectivity index (χ4v) is 5.87. The molecule has 1 amide bonds. The predicted molar refractivity (Wildman–Crippen MR) is 126 cm³/mol. The van der Waals surface area contributed by atoms with E-state index in [0.717, 1.165) is 16.0 Å². The molecular weight excluding hydrogens is 434 g/mol. The number of aromatic nitrogens is 2. The Morgan fingerprint density at radius 3 is 2.67 bits per heavy atom. The van der Waals surface area contributed by atoms with Crippen LogP contribution in [0, 0.1) is 0 Å². The van der Waals surface area contributed by atoms with Crippen molar-refractivity contribution in [1.82, 2.24) is 14.5 Å². The predicted octanol–water partition coefficient (Wildman–Crippen LogP) is 4.86. The molecule has 0 atom stereocenters. The molecule has 0 aliphatic carbocycles. The van der Waals surface area contributed by atoms with Crippen LogP contribution in [-0.2, 0) is 18.4 Å². The Kier molecular flexibility index (Phi) is 6.36. The average molecular weight is 456 g/mol. The Bertz CT molecular complexity index is 1210. The third-order valence-corrected chi connectivity index (χ3v) is 7.63. The second-order valence-corrected chi connectivity index (χ2v) is 9.50. The molecule has 5 nitrogen and oxygen atoms in total. The van der Waals surface area contributed by atoms with Gasteiger partial charge in [0.25, 0.3) is 5.56 Å². The van der Waals surface area contributed by atoms with E-state index in [-0.39, 0.29) is 17.2 Å². The minimum Gasteiger partial charge on any atom is -0.338 e. The first-order valence-electron chi connectivity index (χ1n) is 9.55. The van der Waals surface area contributed by atoms with Crippen molar-refractivity contribution in [2.45, 2.75) is 18.6 Å². The zero-order valence-electron chi connectivity index (χ0n) is 16.7. The van der Waals surface area contributed by atoms with Crippen molar-refractivity contribution in [3.63, 3.8) is 0 Å². The lowest BCUT2D eigenvalue weighted by atomic mass is 10.2.